The van der Waals surface area contributed by atoms with Crippen molar-refractivity contribution in [2.24, 2.45) is 0 Å². The predicted molar refractivity (Wildman–Crippen MR) is 64.5 cm³/mol. The summed E-state index contributed by atoms with van der Waals surface area (Å²) in [5.74, 6) is -0.372. The summed E-state index contributed by atoms with van der Waals surface area (Å²) in [7, 11) is 0. The van der Waals surface area contributed by atoms with Crippen molar-refractivity contribution in [1.29, 1.82) is 0 Å². The van der Waals surface area contributed by atoms with E-state index in [2.05, 4.69) is 0 Å². The van der Waals surface area contributed by atoms with Crippen molar-refractivity contribution in [2.45, 2.75) is 6.42 Å². The second-order valence-corrected chi connectivity index (χ2v) is 3.65. The van der Waals surface area contributed by atoms with E-state index in [9.17, 15) is 4.79 Å². The molecule has 0 unspecified atom stereocenters. The minimum absolute atomic E-state index is 0.311. The molecule has 0 aliphatic carbocycles. The fraction of sp³-hybridized carbons (Fsp3) is 0.0714. The summed E-state index contributed by atoms with van der Waals surface area (Å²) in [6.07, 6.45) is 3.46. The zero-order valence-electron chi connectivity index (χ0n) is 9.17. The molecule has 0 spiro atoms. The third-order valence-electron chi connectivity index (χ3n) is 2.37. The van der Waals surface area contributed by atoms with Crippen LogP contribution in [0.1, 0.15) is 11.3 Å². The summed E-state index contributed by atoms with van der Waals surface area (Å²) in [5, 5.41) is 9.12. The van der Waals surface area contributed by atoms with Gasteiger partial charge in [0.2, 0.25) is 0 Å². The first-order chi connectivity index (χ1) is 8.25. The smallest absolute Gasteiger partial charge is 0.332 e. The highest BCUT2D eigenvalue weighted by molar-refractivity contribution is 5.92. The van der Waals surface area contributed by atoms with E-state index in [0.29, 0.717) is 17.8 Å². The number of aliphatic carboxylic acids is 1. The van der Waals surface area contributed by atoms with Gasteiger partial charge in [-0.25, -0.2) is 4.79 Å². The summed E-state index contributed by atoms with van der Waals surface area (Å²) in [5.41, 5.74) is 1.28. The third kappa shape index (κ3) is 3.08. The van der Waals surface area contributed by atoms with Crippen molar-refractivity contribution in [3.8, 4) is 0 Å². The van der Waals surface area contributed by atoms with Crippen LogP contribution in [0.2, 0.25) is 0 Å². The molecule has 0 radical (unpaired) electrons. The van der Waals surface area contributed by atoms with Crippen LogP contribution in [0.25, 0.3) is 6.08 Å². The average molecular weight is 228 g/mol. The van der Waals surface area contributed by atoms with Crippen molar-refractivity contribution in [1.82, 2.24) is 0 Å². The monoisotopic (exact) mass is 228 g/mol. The Kier molecular flexibility index (Phi) is 3.40. The van der Waals surface area contributed by atoms with Crippen LogP contribution >= 0.6 is 0 Å². The molecule has 0 atom stereocenters. The zero-order valence-corrected chi connectivity index (χ0v) is 9.17. The molecule has 2 aromatic rings. The molecule has 2 rings (SSSR count). The molecule has 1 aromatic carbocycles. The summed E-state index contributed by atoms with van der Waals surface area (Å²) in [6, 6.07) is 12.9. The summed E-state index contributed by atoms with van der Waals surface area (Å²) >= 11 is 0. The van der Waals surface area contributed by atoms with Gasteiger partial charge in [-0.3, -0.25) is 0 Å². The average Bonchev–Trinajstić information content (AvgIpc) is 2.82. The molecule has 0 bridgehead atoms. The van der Waals surface area contributed by atoms with Gasteiger partial charge in [0.05, 0.1) is 6.26 Å². The fourth-order valence-corrected chi connectivity index (χ4v) is 1.55. The van der Waals surface area contributed by atoms with Crippen LogP contribution in [0.5, 0.6) is 0 Å². The summed E-state index contributed by atoms with van der Waals surface area (Å²) < 4.78 is 5.11. The Morgan fingerprint density at radius 1 is 1.18 bits per heavy atom. The number of carboxylic acid groups (broad SMARTS) is 1. The molecule has 0 fully saturated rings. The highest BCUT2D eigenvalue weighted by atomic mass is 16.4. The Morgan fingerprint density at radius 3 is 2.53 bits per heavy atom. The Bertz CT molecular complexity index is 510. The van der Waals surface area contributed by atoms with Crippen molar-refractivity contribution in [3.63, 3.8) is 0 Å². The molecule has 17 heavy (non-hydrogen) atoms. The van der Waals surface area contributed by atoms with Crippen LogP contribution in [-0.4, -0.2) is 11.1 Å². The lowest BCUT2D eigenvalue weighted by atomic mass is 10.0. The molecule has 0 aliphatic heterocycles. The van der Waals surface area contributed by atoms with Crippen molar-refractivity contribution in [3.05, 3.63) is 65.6 Å². The van der Waals surface area contributed by atoms with Crippen LogP contribution in [0.15, 0.2) is 58.7 Å². The number of rotatable bonds is 4. The van der Waals surface area contributed by atoms with Crippen LogP contribution < -0.4 is 0 Å². The van der Waals surface area contributed by atoms with Crippen LogP contribution in [0, 0.1) is 0 Å². The van der Waals surface area contributed by atoms with Gasteiger partial charge >= 0.3 is 5.97 Å². The van der Waals surface area contributed by atoms with E-state index < -0.39 is 5.97 Å². The number of hydrogen-bond donors (Lipinski definition) is 1. The Morgan fingerprint density at radius 2 is 1.94 bits per heavy atom. The lowest BCUT2D eigenvalue weighted by Gasteiger charge is -2.01. The molecule has 0 saturated heterocycles. The lowest BCUT2D eigenvalue weighted by Crippen LogP contribution is -2.03. The molecule has 0 aliphatic rings. The largest absolute Gasteiger partial charge is 0.478 e. The van der Waals surface area contributed by atoms with Crippen molar-refractivity contribution >= 4 is 12.0 Å². The fourth-order valence-electron chi connectivity index (χ4n) is 1.55. The van der Waals surface area contributed by atoms with Gasteiger partial charge in [-0.05, 0) is 23.8 Å². The first-order valence-corrected chi connectivity index (χ1v) is 5.27. The lowest BCUT2D eigenvalue weighted by molar-refractivity contribution is -0.132. The molecular weight excluding hydrogens is 216 g/mol. The van der Waals surface area contributed by atoms with E-state index in [0.717, 1.165) is 5.56 Å². The maximum absolute atomic E-state index is 11.1. The predicted octanol–water partition coefficient (Wildman–Crippen LogP) is 2.99. The molecule has 1 aromatic heterocycles. The Labute approximate surface area is 99.0 Å². The summed E-state index contributed by atoms with van der Waals surface area (Å²) in [4.78, 5) is 11.1. The molecular formula is C14H12O3. The maximum atomic E-state index is 11.1. The van der Waals surface area contributed by atoms with Crippen molar-refractivity contribution in [2.75, 3.05) is 0 Å². The molecule has 3 heteroatoms. The van der Waals surface area contributed by atoms with E-state index >= 15 is 0 Å². The Hall–Kier alpha value is -2.29. The summed E-state index contributed by atoms with van der Waals surface area (Å²) in [6.45, 7) is 0. The normalized spacial score (nSPS) is 11.4. The topological polar surface area (TPSA) is 50.4 Å². The van der Waals surface area contributed by atoms with Gasteiger partial charge in [-0.1, -0.05) is 30.3 Å². The zero-order chi connectivity index (χ0) is 12.1. The van der Waals surface area contributed by atoms with Gasteiger partial charge in [0, 0.05) is 12.0 Å². The number of benzene rings is 1. The minimum atomic E-state index is -0.926. The second kappa shape index (κ2) is 5.16. The van der Waals surface area contributed by atoms with Crippen molar-refractivity contribution < 1.29 is 14.3 Å². The maximum Gasteiger partial charge on any atom is 0.332 e. The van der Waals surface area contributed by atoms with Crippen LogP contribution in [0.4, 0.5) is 0 Å². The molecule has 1 N–H and O–H groups in total. The molecule has 1 heterocycles. The molecule has 3 nitrogen and oxygen atoms in total. The van der Waals surface area contributed by atoms with Gasteiger partial charge in [0.25, 0.3) is 0 Å². The number of furan rings is 1. The van der Waals surface area contributed by atoms with Crippen LogP contribution in [-0.2, 0) is 11.2 Å². The highest BCUT2D eigenvalue weighted by Crippen LogP contribution is 2.13. The van der Waals surface area contributed by atoms with Gasteiger partial charge < -0.3 is 9.52 Å². The highest BCUT2D eigenvalue weighted by Gasteiger charge is 2.09. The quantitative estimate of drug-likeness (QED) is 0.818. The minimum Gasteiger partial charge on any atom is -0.478 e. The van der Waals surface area contributed by atoms with Gasteiger partial charge in [-0.15, -0.1) is 0 Å². The first kappa shape index (κ1) is 11.2. The van der Waals surface area contributed by atoms with E-state index in [1.807, 2.05) is 30.3 Å². The van der Waals surface area contributed by atoms with E-state index in [1.54, 1.807) is 18.2 Å². The van der Waals surface area contributed by atoms with Gasteiger partial charge in [0.1, 0.15) is 5.76 Å². The molecule has 86 valence electrons. The standard InChI is InChI=1S/C14H12O3/c15-14(16)12(10-13-7-4-8-17-13)9-11-5-2-1-3-6-11/h1-8,10H,9H2,(H,15,16). The van der Waals surface area contributed by atoms with Gasteiger partial charge in [0.15, 0.2) is 0 Å². The van der Waals surface area contributed by atoms with E-state index in [1.165, 1.54) is 6.26 Å². The molecule has 0 amide bonds. The number of hydrogen-bond acceptors (Lipinski definition) is 2. The number of carbonyl (C=O) groups is 1. The van der Waals surface area contributed by atoms with Crippen LogP contribution in [0.3, 0.4) is 0 Å². The second-order valence-electron chi connectivity index (χ2n) is 3.65. The SMILES string of the molecule is O=C(O)C(=Cc1ccco1)Cc1ccccc1. The first-order valence-electron chi connectivity index (χ1n) is 5.27. The molecule has 0 saturated carbocycles. The Balaban J connectivity index is 2.22. The van der Waals surface area contributed by atoms with E-state index in [4.69, 9.17) is 9.52 Å². The third-order valence-corrected chi connectivity index (χ3v) is 2.37. The van der Waals surface area contributed by atoms with Gasteiger partial charge in [-0.2, -0.15) is 0 Å². The number of carboxylic acids is 1. The van der Waals surface area contributed by atoms with E-state index in [-0.39, 0.29) is 0 Å².